The maximum atomic E-state index is 5.75. The number of ether oxygens (including phenoxy) is 3. The third-order valence-corrected chi connectivity index (χ3v) is 3.02. The van der Waals surface area contributed by atoms with Gasteiger partial charge in [0.25, 0.3) is 0 Å². The summed E-state index contributed by atoms with van der Waals surface area (Å²) in [6.07, 6.45) is 3.62. The minimum atomic E-state index is 0.206. The van der Waals surface area contributed by atoms with Gasteiger partial charge in [-0.2, -0.15) is 0 Å². The summed E-state index contributed by atoms with van der Waals surface area (Å²) in [4.78, 5) is 4.76. The Morgan fingerprint density at radius 2 is 1.90 bits per heavy atom. The van der Waals surface area contributed by atoms with E-state index >= 15 is 0 Å². The summed E-state index contributed by atoms with van der Waals surface area (Å²) >= 11 is 0. The van der Waals surface area contributed by atoms with Crippen LogP contribution in [-0.4, -0.2) is 25.5 Å². The summed E-state index contributed by atoms with van der Waals surface area (Å²) in [6.45, 7) is 11.3. The molecular weight excluding hydrogens is 266 g/mol. The van der Waals surface area contributed by atoms with Gasteiger partial charge in [0.2, 0.25) is 0 Å². The maximum absolute atomic E-state index is 5.75. The molecule has 0 aliphatic heterocycles. The lowest BCUT2D eigenvalue weighted by molar-refractivity contribution is 0.0497. The molecule has 1 rings (SSSR count). The molecule has 1 aromatic heterocycles. The zero-order chi connectivity index (χ0) is 15.8. The van der Waals surface area contributed by atoms with Crippen LogP contribution in [0, 0.1) is 0 Å². The minimum Gasteiger partial charge on any atom is -0.501 e. The highest BCUT2D eigenvalue weighted by Crippen LogP contribution is 2.32. The normalized spacial score (nSPS) is 11.6. The van der Waals surface area contributed by atoms with E-state index in [1.165, 1.54) is 0 Å². The predicted octanol–water partition coefficient (Wildman–Crippen LogP) is 4.32. The molecule has 0 N–H and O–H groups in total. The van der Waals surface area contributed by atoms with Crippen molar-refractivity contribution >= 4 is 6.08 Å². The molecule has 1 aromatic rings. The second kappa shape index (κ2) is 8.67. The molecule has 0 saturated carbocycles. The first-order chi connectivity index (χ1) is 10.0. The van der Waals surface area contributed by atoms with E-state index in [0.717, 1.165) is 22.7 Å². The average molecular weight is 293 g/mol. The molecule has 0 radical (unpaired) electrons. The SMILES string of the molecule is CCOC=Cc1cc(C(C)C)nc(C(C)C)c1OCOC. The van der Waals surface area contributed by atoms with Gasteiger partial charge in [0.1, 0.15) is 0 Å². The fraction of sp³-hybridized carbons (Fsp3) is 0.588. The Hall–Kier alpha value is -1.55. The zero-order valence-electron chi connectivity index (χ0n) is 14.0. The summed E-state index contributed by atoms with van der Waals surface area (Å²) in [5, 5.41) is 0. The van der Waals surface area contributed by atoms with Crippen molar-refractivity contribution in [2.24, 2.45) is 0 Å². The van der Waals surface area contributed by atoms with Crippen LogP contribution in [0.3, 0.4) is 0 Å². The van der Waals surface area contributed by atoms with Crippen LogP contribution in [-0.2, 0) is 9.47 Å². The second-order valence-corrected chi connectivity index (χ2v) is 5.47. The van der Waals surface area contributed by atoms with Gasteiger partial charge in [-0.05, 0) is 30.9 Å². The van der Waals surface area contributed by atoms with Crippen molar-refractivity contribution in [3.8, 4) is 5.75 Å². The number of hydrogen-bond donors (Lipinski definition) is 0. The smallest absolute Gasteiger partial charge is 0.188 e. The van der Waals surface area contributed by atoms with Crippen LogP contribution in [0.2, 0.25) is 0 Å². The molecule has 0 aliphatic carbocycles. The van der Waals surface area contributed by atoms with Crippen LogP contribution in [0.25, 0.3) is 6.08 Å². The Labute approximate surface area is 128 Å². The van der Waals surface area contributed by atoms with Gasteiger partial charge in [0, 0.05) is 18.4 Å². The van der Waals surface area contributed by atoms with Crippen molar-refractivity contribution in [1.29, 1.82) is 0 Å². The van der Waals surface area contributed by atoms with Gasteiger partial charge in [-0.3, -0.25) is 4.98 Å². The molecule has 0 spiro atoms. The van der Waals surface area contributed by atoms with Crippen LogP contribution in [0.15, 0.2) is 12.3 Å². The molecule has 4 nitrogen and oxygen atoms in total. The number of hydrogen-bond acceptors (Lipinski definition) is 4. The quantitative estimate of drug-likeness (QED) is 0.529. The molecule has 0 saturated heterocycles. The first-order valence-electron chi connectivity index (χ1n) is 7.45. The van der Waals surface area contributed by atoms with E-state index in [1.807, 2.05) is 13.0 Å². The molecule has 0 aromatic carbocycles. The molecule has 0 amide bonds. The molecule has 1 heterocycles. The first-order valence-corrected chi connectivity index (χ1v) is 7.45. The van der Waals surface area contributed by atoms with Crippen LogP contribution in [0.1, 0.15) is 63.4 Å². The van der Waals surface area contributed by atoms with E-state index in [-0.39, 0.29) is 12.7 Å². The summed E-state index contributed by atoms with van der Waals surface area (Å²) in [5.74, 6) is 1.40. The Morgan fingerprint density at radius 1 is 1.19 bits per heavy atom. The number of pyridine rings is 1. The highest BCUT2D eigenvalue weighted by atomic mass is 16.7. The van der Waals surface area contributed by atoms with E-state index in [4.69, 9.17) is 19.2 Å². The fourth-order valence-corrected chi connectivity index (χ4v) is 1.90. The van der Waals surface area contributed by atoms with Gasteiger partial charge >= 0.3 is 0 Å². The molecule has 0 aliphatic rings. The van der Waals surface area contributed by atoms with Gasteiger partial charge in [0.15, 0.2) is 12.5 Å². The van der Waals surface area contributed by atoms with Crippen molar-refractivity contribution < 1.29 is 14.2 Å². The minimum absolute atomic E-state index is 0.206. The van der Waals surface area contributed by atoms with E-state index < -0.39 is 0 Å². The number of rotatable bonds is 8. The predicted molar refractivity (Wildman–Crippen MR) is 85.6 cm³/mol. The Morgan fingerprint density at radius 3 is 2.43 bits per heavy atom. The first kappa shape index (κ1) is 17.5. The van der Waals surface area contributed by atoms with Crippen LogP contribution >= 0.6 is 0 Å². The van der Waals surface area contributed by atoms with Crippen LogP contribution in [0.4, 0.5) is 0 Å². The van der Waals surface area contributed by atoms with E-state index in [1.54, 1.807) is 13.4 Å². The molecular formula is C17H27NO3. The van der Waals surface area contributed by atoms with Gasteiger partial charge in [-0.15, -0.1) is 0 Å². The highest BCUT2D eigenvalue weighted by Gasteiger charge is 2.17. The van der Waals surface area contributed by atoms with E-state index in [0.29, 0.717) is 12.5 Å². The number of aromatic nitrogens is 1. The molecule has 0 bridgehead atoms. The Balaban J connectivity index is 3.31. The largest absolute Gasteiger partial charge is 0.501 e. The molecule has 118 valence electrons. The zero-order valence-corrected chi connectivity index (χ0v) is 14.0. The number of nitrogens with zero attached hydrogens (tertiary/aromatic N) is 1. The lowest BCUT2D eigenvalue weighted by atomic mass is 10.0. The van der Waals surface area contributed by atoms with E-state index in [2.05, 4.69) is 33.8 Å². The molecule has 0 unspecified atom stereocenters. The van der Waals surface area contributed by atoms with Crippen LogP contribution < -0.4 is 4.74 Å². The van der Waals surface area contributed by atoms with Gasteiger partial charge < -0.3 is 14.2 Å². The van der Waals surface area contributed by atoms with Gasteiger partial charge in [0.05, 0.1) is 18.6 Å². The third-order valence-electron chi connectivity index (χ3n) is 3.02. The summed E-state index contributed by atoms with van der Waals surface area (Å²) in [7, 11) is 1.61. The fourth-order valence-electron chi connectivity index (χ4n) is 1.90. The van der Waals surface area contributed by atoms with Crippen molar-refractivity contribution in [1.82, 2.24) is 4.98 Å². The third kappa shape index (κ3) is 5.05. The van der Waals surface area contributed by atoms with Crippen molar-refractivity contribution in [3.05, 3.63) is 29.3 Å². The highest BCUT2D eigenvalue weighted by molar-refractivity contribution is 5.59. The van der Waals surface area contributed by atoms with Crippen molar-refractivity contribution in [3.63, 3.8) is 0 Å². The molecule has 0 atom stereocenters. The van der Waals surface area contributed by atoms with Gasteiger partial charge in [-0.1, -0.05) is 27.7 Å². The molecule has 0 fully saturated rings. The van der Waals surface area contributed by atoms with Crippen LogP contribution in [0.5, 0.6) is 5.75 Å². The summed E-state index contributed by atoms with van der Waals surface area (Å²) in [6, 6.07) is 2.05. The summed E-state index contributed by atoms with van der Waals surface area (Å²) < 4.78 is 16.1. The Kier molecular flexibility index (Phi) is 7.23. The monoisotopic (exact) mass is 293 g/mol. The molecule has 21 heavy (non-hydrogen) atoms. The summed E-state index contributed by atoms with van der Waals surface area (Å²) in [5.41, 5.74) is 2.98. The molecule has 4 heteroatoms. The average Bonchev–Trinajstić information content (AvgIpc) is 2.45. The van der Waals surface area contributed by atoms with Crippen molar-refractivity contribution in [2.45, 2.75) is 46.5 Å². The lowest BCUT2D eigenvalue weighted by Gasteiger charge is -2.18. The topological polar surface area (TPSA) is 40.6 Å². The van der Waals surface area contributed by atoms with Gasteiger partial charge in [-0.25, -0.2) is 0 Å². The number of methoxy groups -OCH3 is 1. The van der Waals surface area contributed by atoms with E-state index in [9.17, 15) is 0 Å². The lowest BCUT2D eigenvalue weighted by Crippen LogP contribution is -2.08. The van der Waals surface area contributed by atoms with Crippen molar-refractivity contribution in [2.75, 3.05) is 20.5 Å². The standard InChI is InChI=1S/C17H27NO3/c1-7-20-9-8-14-10-15(12(2)3)18-16(13(4)5)17(14)21-11-19-6/h8-10,12-13H,7,11H2,1-6H3. The maximum Gasteiger partial charge on any atom is 0.188 e. The second-order valence-electron chi connectivity index (χ2n) is 5.47. The Bertz CT molecular complexity index is 467.